The molecule has 82 valence electrons. The predicted octanol–water partition coefficient (Wildman–Crippen LogP) is 1.59. The highest BCUT2D eigenvalue weighted by atomic mass is 32.2. The highest BCUT2D eigenvalue weighted by molar-refractivity contribution is 7.99. The minimum Gasteiger partial charge on any atom is -0.396 e. The summed E-state index contributed by atoms with van der Waals surface area (Å²) in [6, 6.07) is 0. The Labute approximate surface area is 91.1 Å². The first-order valence-corrected chi connectivity index (χ1v) is 6.91. The van der Waals surface area contributed by atoms with Crippen molar-refractivity contribution in [3.63, 3.8) is 0 Å². The summed E-state index contributed by atoms with van der Waals surface area (Å²) in [5.74, 6) is 2.37. The Balaban J connectivity index is 1.44. The molecule has 1 aliphatic heterocycles. The largest absolute Gasteiger partial charge is 0.396 e. The van der Waals surface area contributed by atoms with Crippen LogP contribution in [0.2, 0.25) is 0 Å². The van der Waals surface area contributed by atoms with Gasteiger partial charge in [-0.05, 0) is 30.4 Å². The van der Waals surface area contributed by atoms with Gasteiger partial charge in [0.2, 0.25) is 0 Å². The molecule has 0 radical (unpaired) electrons. The number of hydrogen-bond donors (Lipinski definition) is 1. The van der Waals surface area contributed by atoms with Gasteiger partial charge in [-0.1, -0.05) is 6.42 Å². The smallest absolute Gasteiger partial charge is 0.0438 e. The van der Waals surface area contributed by atoms with Crippen molar-refractivity contribution in [2.24, 2.45) is 5.41 Å². The maximum Gasteiger partial charge on any atom is 0.0438 e. The predicted molar refractivity (Wildman–Crippen MR) is 61.8 cm³/mol. The van der Waals surface area contributed by atoms with Crippen molar-refractivity contribution in [3.8, 4) is 0 Å². The minimum atomic E-state index is 0.347. The summed E-state index contributed by atoms with van der Waals surface area (Å²) in [6.07, 6.45) is 5.40. The van der Waals surface area contributed by atoms with Gasteiger partial charge in [-0.15, -0.1) is 0 Å². The molecule has 0 unspecified atom stereocenters. The van der Waals surface area contributed by atoms with Crippen LogP contribution in [-0.2, 0) is 0 Å². The van der Waals surface area contributed by atoms with Gasteiger partial charge in [-0.25, -0.2) is 0 Å². The van der Waals surface area contributed by atoms with E-state index < -0.39 is 0 Å². The monoisotopic (exact) mass is 215 g/mol. The van der Waals surface area contributed by atoms with Gasteiger partial charge in [0, 0.05) is 32.0 Å². The molecule has 0 aromatic heterocycles. The summed E-state index contributed by atoms with van der Waals surface area (Å²) in [6.45, 7) is 4.35. The van der Waals surface area contributed by atoms with Gasteiger partial charge < -0.3 is 10.0 Å². The number of aliphatic hydroxyl groups is 1. The van der Waals surface area contributed by atoms with Crippen LogP contribution < -0.4 is 0 Å². The molecule has 1 aliphatic carbocycles. The SMILES string of the molecule is OCCCSCCN1CC2(CCC2)C1. The Morgan fingerprint density at radius 1 is 1.21 bits per heavy atom. The van der Waals surface area contributed by atoms with Gasteiger partial charge in [0.15, 0.2) is 0 Å². The molecule has 1 N–H and O–H groups in total. The highest BCUT2D eigenvalue weighted by Crippen LogP contribution is 2.47. The van der Waals surface area contributed by atoms with E-state index in [0.29, 0.717) is 6.61 Å². The Morgan fingerprint density at radius 3 is 2.57 bits per heavy atom. The number of nitrogens with zero attached hydrogens (tertiary/aromatic N) is 1. The lowest BCUT2D eigenvalue weighted by Gasteiger charge is -2.56. The lowest BCUT2D eigenvalue weighted by molar-refractivity contribution is -0.0557. The van der Waals surface area contributed by atoms with Crippen LogP contribution in [0.3, 0.4) is 0 Å². The number of rotatable bonds is 6. The molecule has 0 bridgehead atoms. The van der Waals surface area contributed by atoms with Crippen molar-refractivity contribution in [1.82, 2.24) is 4.90 Å². The van der Waals surface area contributed by atoms with E-state index in [1.165, 1.54) is 44.6 Å². The molecule has 1 spiro atoms. The fourth-order valence-electron chi connectivity index (χ4n) is 2.52. The van der Waals surface area contributed by atoms with E-state index in [0.717, 1.165) is 17.6 Å². The normalized spacial score (nSPS) is 24.6. The maximum absolute atomic E-state index is 8.62. The molecular formula is C11H21NOS. The van der Waals surface area contributed by atoms with Crippen LogP contribution >= 0.6 is 11.8 Å². The molecule has 0 amide bonds. The first-order chi connectivity index (χ1) is 6.85. The van der Waals surface area contributed by atoms with Gasteiger partial charge in [0.05, 0.1) is 0 Å². The zero-order valence-corrected chi connectivity index (χ0v) is 9.69. The first kappa shape index (κ1) is 10.8. The van der Waals surface area contributed by atoms with Crippen molar-refractivity contribution in [1.29, 1.82) is 0 Å². The van der Waals surface area contributed by atoms with Crippen LogP contribution in [0.4, 0.5) is 0 Å². The van der Waals surface area contributed by atoms with Crippen LogP contribution in [0.5, 0.6) is 0 Å². The Morgan fingerprint density at radius 2 is 2.00 bits per heavy atom. The first-order valence-electron chi connectivity index (χ1n) is 5.76. The fraction of sp³-hybridized carbons (Fsp3) is 1.00. The molecule has 2 aliphatic rings. The summed E-state index contributed by atoms with van der Waals surface area (Å²) in [7, 11) is 0. The second-order valence-electron chi connectivity index (χ2n) is 4.75. The zero-order chi connectivity index (χ0) is 9.86. The molecule has 1 saturated heterocycles. The fourth-order valence-corrected chi connectivity index (χ4v) is 3.44. The third-order valence-electron chi connectivity index (χ3n) is 3.53. The van der Waals surface area contributed by atoms with E-state index in [9.17, 15) is 0 Å². The van der Waals surface area contributed by atoms with E-state index in [-0.39, 0.29) is 0 Å². The second-order valence-corrected chi connectivity index (χ2v) is 5.98. The Kier molecular flexibility index (Phi) is 3.74. The molecule has 3 heteroatoms. The van der Waals surface area contributed by atoms with Crippen LogP contribution in [-0.4, -0.2) is 47.8 Å². The van der Waals surface area contributed by atoms with Crippen LogP contribution in [0.1, 0.15) is 25.7 Å². The van der Waals surface area contributed by atoms with E-state index >= 15 is 0 Å². The second kappa shape index (κ2) is 4.86. The molecule has 0 atom stereocenters. The number of aliphatic hydroxyl groups excluding tert-OH is 1. The average Bonchev–Trinajstić information content (AvgIpc) is 2.04. The molecule has 14 heavy (non-hydrogen) atoms. The lowest BCUT2D eigenvalue weighted by atomic mass is 9.64. The topological polar surface area (TPSA) is 23.5 Å². The molecule has 2 nitrogen and oxygen atoms in total. The van der Waals surface area contributed by atoms with Gasteiger partial charge >= 0.3 is 0 Å². The maximum atomic E-state index is 8.62. The van der Waals surface area contributed by atoms with E-state index in [1.807, 2.05) is 11.8 Å². The van der Waals surface area contributed by atoms with E-state index in [1.54, 1.807) is 0 Å². The molecule has 2 fully saturated rings. The molecule has 1 saturated carbocycles. The van der Waals surface area contributed by atoms with Crippen molar-refractivity contribution in [2.45, 2.75) is 25.7 Å². The van der Waals surface area contributed by atoms with E-state index in [2.05, 4.69) is 4.90 Å². The minimum absolute atomic E-state index is 0.347. The van der Waals surface area contributed by atoms with Crippen molar-refractivity contribution >= 4 is 11.8 Å². The summed E-state index contributed by atoms with van der Waals surface area (Å²) in [5.41, 5.74) is 0.787. The van der Waals surface area contributed by atoms with Crippen molar-refractivity contribution < 1.29 is 5.11 Å². The summed E-state index contributed by atoms with van der Waals surface area (Å²) in [4.78, 5) is 2.59. The van der Waals surface area contributed by atoms with Crippen LogP contribution in [0.25, 0.3) is 0 Å². The number of thioether (sulfide) groups is 1. The molecular weight excluding hydrogens is 194 g/mol. The summed E-state index contributed by atoms with van der Waals surface area (Å²) in [5, 5.41) is 8.62. The molecule has 0 aromatic rings. The van der Waals surface area contributed by atoms with Gasteiger partial charge in [-0.3, -0.25) is 0 Å². The van der Waals surface area contributed by atoms with Crippen LogP contribution in [0.15, 0.2) is 0 Å². The summed E-state index contributed by atoms with van der Waals surface area (Å²) < 4.78 is 0. The zero-order valence-electron chi connectivity index (χ0n) is 8.87. The molecule has 1 heterocycles. The quantitative estimate of drug-likeness (QED) is 0.681. The van der Waals surface area contributed by atoms with Gasteiger partial charge in [0.1, 0.15) is 0 Å². The number of likely N-dealkylation sites (tertiary alicyclic amines) is 1. The third-order valence-corrected chi connectivity index (χ3v) is 4.58. The van der Waals surface area contributed by atoms with Crippen LogP contribution in [0, 0.1) is 5.41 Å². The van der Waals surface area contributed by atoms with Gasteiger partial charge in [-0.2, -0.15) is 11.8 Å². The highest BCUT2D eigenvalue weighted by Gasteiger charge is 2.46. The van der Waals surface area contributed by atoms with Crippen molar-refractivity contribution in [2.75, 3.05) is 37.7 Å². The van der Waals surface area contributed by atoms with Crippen molar-refractivity contribution in [3.05, 3.63) is 0 Å². The molecule has 0 aromatic carbocycles. The summed E-state index contributed by atoms with van der Waals surface area (Å²) >= 11 is 1.98. The lowest BCUT2D eigenvalue weighted by Crippen LogP contribution is -2.59. The average molecular weight is 215 g/mol. The number of hydrogen-bond acceptors (Lipinski definition) is 3. The Hall–Kier alpha value is 0.270. The van der Waals surface area contributed by atoms with E-state index in [4.69, 9.17) is 5.11 Å². The third kappa shape index (κ3) is 2.44. The van der Waals surface area contributed by atoms with Gasteiger partial charge in [0.25, 0.3) is 0 Å². The standard InChI is InChI=1S/C11H21NOS/c13-6-2-7-14-8-5-12-9-11(10-12)3-1-4-11/h13H,1-10H2. The Bertz CT molecular complexity index is 174. The molecule has 2 rings (SSSR count).